The van der Waals surface area contributed by atoms with Crippen molar-refractivity contribution in [3.05, 3.63) is 48.0 Å². The number of hydrogen-bond donors (Lipinski definition) is 3. The topological polar surface area (TPSA) is 147 Å². The second-order valence-corrected chi connectivity index (χ2v) is 10.7. The van der Waals surface area contributed by atoms with E-state index in [9.17, 15) is 26.7 Å². The predicted octanol–water partition coefficient (Wildman–Crippen LogP) is 1.39. The van der Waals surface area contributed by atoms with Crippen LogP contribution in [0.1, 0.15) is 10.4 Å². The van der Waals surface area contributed by atoms with Gasteiger partial charge in [-0.25, -0.2) is 26.8 Å². The number of carbonyl (C=O) groups is 1. The molecule has 0 amide bonds. The van der Waals surface area contributed by atoms with E-state index in [2.05, 4.69) is 4.72 Å². The number of nitrogens with one attached hydrogen (secondary N) is 1. The predicted molar refractivity (Wildman–Crippen MR) is 112 cm³/mol. The van der Waals surface area contributed by atoms with E-state index in [1.807, 2.05) is 4.90 Å². The van der Waals surface area contributed by atoms with E-state index in [0.29, 0.717) is 18.8 Å². The number of rotatable bonds is 6. The Balaban J connectivity index is 1.93. The third kappa shape index (κ3) is 5.01. The standard InChI is InChI=1S/C17H19N3O6S3/c18-28(23,24)13-2-1-3-14(11-13)29(25,26)19-12-4-5-16(15(10-12)17(21)22)20-6-8-27-9-7-20/h1-5,10-11,19H,6-9H2,(H,21,22)(H2,18,23,24). The van der Waals surface area contributed by atoms with Crippen LogP contribution in [0.5, 0.6) is 0 Å². The summed E-state index contributed by atoms with van der Waals surface area (Å²) in [6.07, 6.45) is 0. The Labute approximate surface area is 173 Å². The Morgan fingerprint density at radius 2 is 1.69 bits per heavy atom. The second-order valence-electron chi connectivity index (χ2n) is 6.26. The molecule has 0 radical (unpaired) electrons. The van der Waals surface area contributed by atoms with Gasteiger partial charge in [-0.2, -0.15) is 11.8 Å². The zero-order valence-corrected chi connectivity index (χ0v) is 17.6. The summed E-state index contributed by atoms with van der Waals surface area (Å²) in [6.45, 7) is 1.41. The molecule has 1 aliphatic heterocycles. The van der Waals surface area contributed by atoms with E-state index in [0.717, 1.165) is 17.6 Å². The molecule has 0 unspecified atom stereocenters. The molecule has 1 heterocycles. The van der Waals surface area contributed by atoms with Crippen molar-refractivity contribution in [2.24, 2.45) is 5.14 Å². The molecular weight excluding hydrogens is 438 g/mol. The van der Waals surface area contributed by atoms with Gasteiger partial charge in [0.1, 0.15) is 0 Å². The van der Waals surface area contributed by atoms with Gasteiger partial charge in [-0.05, 0) is 36.4 Å². The minimum atomic E-state index is -4.16. The van der Waals surface area contributed by atoms with E-state index >= 15 is 0 Å². The van der Waals surface area contributed by atoms with Gasteiger partial charge in [0.05, 0.1) is 21.0 Å². The third-order valence-electron chi connectivity index (χ3n) is 4.28. The zero-order chi connectivity index (χ0) is 21.2. The molecule has 156 valence electrons. The molecule has 1 saturated heterocycles. The molecule has 3 rings (SSSR count). The van der Waals surface area contributed by atoms with Gasteiger partial charge in [-0.3, -0.25) is 4.72 Å². The first-order valence-electron chi connectivity index (χ1n) is 8.44. The lowest BCUT2D eigenvalue weighted by Gasteiger charge is -2.29. The molecule has 4 N–H and O–H groups in total. The molecule has 0 aromatic heterocycles. The lowest BCUT2D eigenvalue weighted by Crippen LogP contribution is -2.33. The van der Waals surface area contributed by atoms with Crippen LogP contribution < -0.4 is 14.8 Å². The molecular formula is C17H19N3O6S3. The average Bonchev–Trinajstić information content (AvgIpc) is 2.68. The minimum Gasteiger partial charge on any atom is -0.478 e. The molecule has 29 heavy (non-hydrogen) atoms. The highest BCUT2D eigenvalue weighted by molar-refractivity contribution is 7.99. The van der Waals surface area contributed by atoms with Gasteiger partial charge in [-0.1, -0.05) is 6.07 Å². The Kier molecular flexibility index (Phi) is 6.08. The number of aromatic carboxylic acids is 1. The summed E-state index contributed by atoms with van der Waals surface area (Å²) in [5, 5.41) is 14.6. The molecule has 9 nitrogen and oxygen atoms in total. The molecule has 0 atom stereocenters. The van der Waals surface area contributed by atoms with Crippen LogP contribution in [-0.2, 0) is 20.0 Å². The third-order valence-corrected chi connectivity index (χ3v) is 7.51. The number of hydrogen-bond acceptors (Lipinski definition) is 7. The molecule has 0 saturated carbocycles. The fourth-order valence-corrected chi connectivity index (χ4v) is 5.52. The molecule has 2 aromatic rings. The molecule has 0 bridgehead atoms. The summed E-state index contributed by atoms with van der Waals surface area (Å²) in [5.74, 6) is 0.595. The van der Waals surface area contributed by atoms with Crippen molar-refractivity contribution in [1.29, 1.82) is 0 Å². The number of nitrogens with two attached hydrogens (primary N) is 1. The highest BCUT2D eigenvalue weighted by atomic mass is 32.2. The summed E-state index contributed by atoms with van der Waals surface area (Å²) in [5.41, 5.74) is 0.561. The summed E-state index contributed by atoms with van der Waals surface area (Å²) >= 11 is 1.79. The first-order chi connectivity index (χ1) is 13.6. The first kappa shape index (κ1) is 21.4. The average molecular weight is 458 g/mol. The van der Waals surface area contributed by atoms with E-state index in [-0.39, 0.29) is 21.0 Å². The van der Waals surface area contributed by atoms with Crippen LogP contribution in [0.25, 0.3) is 0 Å². The molecule has 1 fully saturated rings. The highest BCUT2D eigenvalue weighted by Crippen LogP contribution is 2.28. The lowest BCUT2D eigenvalue weighted by molar-refractivity contribution is 0.0697. The smallest absolute Gasteiger partial charge is 0.337 e. The van der Waals surface area contributed by atoms with Gasteiger partial charge < -0.3 is 10.0 Å². The summed E-state index contributed by atoms with van der Waals surface area (Å²) in [4.78, 5) is 13.0. The Bertz CT molecular complexity index is 1140. The van der Waals surface area contributed by atoms with Crippen LogP contribution in [0.4, 0.5) is 11.4 Å². The first-order valence-corrected chi connectivity index (χ1v) is 12.6. The zero-order valence-electron chi connectivity index (χ0n) is 15.1. The summed E-state index contributed by atoms with van der Waals surface area (Å²) < 4.78 is 50.5. The van der Waals surface area contributed by atoms with Crippen LogP contribution in [0.15, 0.2) is 52.3 Å². The van der Waals surface area contributed by atoms with Crippen LogP contribution >= 0.6 is 11.8 Å². The molecule has 0 spiro atoms. The number of nitrogens with zero attached hydrogens (tertiary/aromatic N) is 1. The molecule has 1 aliphatic rings. The normalized spacial score (nSPS) is 15.1. The quantitative estimate of drug-likeness (QED) is 0.589. The van der Waals surface area contributed by atoms with Gasteiger partial charge in [0.15, 0.2) is 0 Å². The number of carboxylic acids is 1. The molecule has 2 aromatic carbocycles. The SMILES string of the molecule is NS(=O)(=O)c1cccc(S(=O)(=O)Nc2ccc(N3CCSCC3)c(C(=O)O)c2)c1. The fraction of sp³-hybridized carbons (Fsp3) is 0.235. The van der Waals surface area contributed by atoms with Crippen LogP contribution in [-0.4, -0.2) is 52.5 Å². The molecule has 0 aliphatic carbocycles. The van der Waals surface area contributed by atoms with Crippen molar-refractivity contribution in [3.63, 3.8) is 0 Å². The van der Waals surface area contributed by atoms with E-state index in [1.54, 1.807) is 17.8 Å². The minimum absolute atomic E-state index is 0.0182. The van der Waals surface area contributed by atoms with E-state index in [4.69, 9.17) is 5.14 Å². The Morgan fingerprint density at radius 3 is 2.31 bits per heavy atom. The number of thioether (sulfide) groups is 1. The van der Waals surface area contributed by atoms with E-state index < -0.39 is 26.0 Å². The second kappa shape index (κ2) is 8.22. The Morgan fingerprint density at radius 1 is 1.03 bits per heavy atom. The largest absolute Gasteiger partial charge is 0.478 e. The van der Waals surface area contributed by atoms with Crippen molar-refractivity contribution in [1.82, 2.24) is 0 Å². The number of benzene rings is 2. The maximum Gasteiger partial charge on any atom is 0.337 e. The maximum atomic E-state index is 12.6. The molecule has 12 heteroatoms. The van der Waals surface area contributed by atoms with Crippen LogP contribution in [0, 0.1) is 0 Å². The number of carboxylic acid groups (broad SMARTS) is 1. The Hall–Kier alpha value is -2.28. The van der Waals surface area contributed by atoms with E-state index in [1.165, 1.54) is 30.3 Å². The van der Waals surface area contributed by atoms with Crippen molar-refractivity contribution in [3.8, 4) is 0 Å². The van der Waals surface area contributed by atoms with Gasteiger partial charge in [0.2, 0.25) is 10.0 Å². The number of primary sulfonamides is 1. The van der Waals surface area contributed by atoms with Gasteiger partial charge in [-0.15, -0.1) is 0 Å². The van der Waals surface area contributed by atoms with Crippen molar-refractivity contribution in [2.75, 3.05) is 34.2 Å². The number of anilines is 2. The van der Waals surface area contributed by atoms with Crippen molar-refractivity contribution in [2.45, 2.75) is 9.79 Å². The van der Waals surface area contributed by atoms with Crippen LogP contribution in [0.3, 0.4) is 0 Å². The summed E-state index contributed by atoms with van der Waals surface area (Å²) in [6, 6.07) is 8.89. The fourth-order valence-electron chi connectivity index (χ4n) is 2.88. The van der Waals surface area contributed by atoms with Gasteiger partial charge >= 0.3 is 5.97 Å². The van der Waals surface area contributed by atoms with Gasteiger partial charge in [0, 0.05) is 30.3 Å². The van der Waals surface area contributed by atoms with Gasteiger partial charge in [0.25, 0.3) is 10.0 Å². The highest BCUT2D eigenvalue weighted by Gasteiger charge is 2.22. The summed E-state index contributed by atoms with van der Waals surface area (Å²) in [7, 11) is -8.23. The lowest BCUT2D eigenvalue weighted by atomic mass is 10.1. The van der Waals surface area contributed by atoms with Crippen LogP contribution in [0.2, 0.25) is 0 Å². The number of sulfonamides is 2. The maximum absolute atomic E-state index is 12.6. The monoisotopic (exact) mass is 457 g/mol. The van der Waals surface area contributed by atoms with Crippen molar-refractivity contribution >= 4 is 49.2 Å². The van der Waals surface area contributed by atoms with Crippen molar-refractivity contribution < 1.29 is 26.7 Å².